The molecule has 1 aliphatic rings. The Morgan fingerprint density at radius 1 is 1.27 bits per heavy atom. The van der Waals surface area contributed by atoms with Crippen molar-refractivity contribution in [2.75, 3.05) is 38.6 Å². The third-order valence-electron chi connectivity index (χ3n) is 4.91. The molecule has 164 valence electrons. The highest BCUT2D eigenvalue weighted by Gasteiger charge is 2.21. The largest absolute Gasteiger partial charge is 0.356 e. The molecule has 0 aromatic carbocycles. The lowest BCUT2D eigenvalue weighted by molar-refractivity contribution is -0.127. The SMILES string of the molecule is Cc1cccc(N2CCC(NC(=NCC(=O)N(C)C)NCc3cccs3)CC2)n1.I. The van der Waals surface area contributed by atoms with Crippen LogP contribution in [0.3, 0.4) is 0 Å². The first-order valence-corrected chi connectivity index (χ1v) is 10.8. The summed E-state index contributed by atoms with van der Waals surface area (Å²) in [5, 5.41) is 8.95. The molecule has 2 aromatic rings. The van der Waals surface area contributed by atoms with E-state index in [4.69, 9.17) is 0 Å². The summed E-state index contributed by atoms with van der Waals surface area (Å²) in [6, 6.07) is 10.6. The first-order valence-electron chi connectivity index (χ1n) is 9.97. The summed E-state index contributed by atoms with van der Waals surface area (Å²) in [6.45, 7) is 4.76. The van der Waals surface area contributed by atoms with E-state index < -0.39 is 0 Å². The second kappa shape index (κ2) is 12.1. The number of piperidine rings is 1. The minimum Gasteiger partial charge on any atom is -0.356 e. The Hall–Kier alpha value is -1.88. The zero-order chi connectivity index (χ0) is 20.6. The molecular weight excluding hydrogens is 511 g/mol. The second-order valence-corrected chi connectivity index (χ2v) is 8.46. The van der Waals surface area contributed by atoms with Crippen molar-refractivity contribution in [3.63, 3.8) is 0 Å². The van der Waals surface area contributed by atoms with Crippen LogP contribution in [0.4, 0.5) is 5.82 Å². The molecule has 3 heterocycles. The zero-order valence-corrected chi connectivity index (χ0v) is 20.9. The summed E-state index contributed by atoms with van der Waals surface area (Å²) in [5.41, 5.74) is 1.04. The number of aliphatic imine (C=N–C) groups is 1. The summed E-state index contributed by atoms with van der Waals surface area (Å²) in [5.74, 6) is 1.73. The van der Waals surface area contributed by atoms with Crippen LogP contribution in [0.5, 0.6) is 0 Å². The van der Waals surface area contributed by atoms with Gasteiger partial charge >= 0.3 is 0 Å². The lowest BCUT2D eigenvalue weighted by Gasteiger charge is -2.34. The van der Waals surface area contributed by atoms with Gasteiger partial charge in [-0.3, -0.25) is 4.79 Å². The van der Waals surface area contributed by atoms with E-state index in [0.717, 1.165) is 37.4 Å². The Bertz CT molecular complexity index is 819. The summed E-state index contributed by atoms with van der Waals surface area (Å²) in [4.78, 5) is 26.2. The van der Waals surface area contributed by atoms with E-state index in [9.17, 15) is 4.79 Å². The lowest BCUT2D eigenvalue weighted by Crippen LogP contribution is -2.49. The van der Waals surface area contributed by atoms with Crippen LogP contribution in [0, 0.1) is 6.92 Å². The van der Waals surface area contributed by atoms with E-state index in [1.165, 1.54) is 4.88 Å². The number of carbonyl (C=O) groups is 1. The fraction of sp³-hybridized carbons (Fsp3) is 0.476. The van der Waals surface area contributed by atoms with E-state index >= 15 is 0 Å². The van der Waals surface area contributed by atoms with Gasteiger partial charge in [0.1, 0.15) is 12.4 Å². The average molecular weight is 542 g/mol. The van der Waals surface area contributed by atoms with Crippen LogP contribution in [0.25, 0.3) is 0 Å². The van der Waals surface area contributed by atoms with Crippen LogP contribution >= 0.6 is 35.3 Å². The number of guanidine groups is 1. The van der Waals surface area contributed by atoms with Crippen molar-refractivity contribution in [3.05, 3.63) is 46.3 Å². The monoisotopic (exact) mass is 542 g/mol. The minimum absolute atomic E-state index is 0. The van der Waals surface area contributed by atoms with Gasteiger partial charge in [0.25, 0.3) is 0 Å². The maximum atomic E-state index is 12.0. The molecule has 7 nitrogen and oxygen atoms in total. The molecule has 30 heavy (non-hydrogen) atoms. The van der Waals surface area contributed by atoms with Crippen molar-refractivity contribution in [1.29, 1.82) is 0 Å². The number of anilines is 1. The van der Waals surface area contributed by atoms with Crippen molar-refractivity contribution < 1.29 is 4.79 Å². The first kappa shape index (κ1) is 24.4. The van der Waals surface area contributed by atoms with Gasteiger partial charge in [-0.2, -0.15) is 0 Å². The molecule has 1 fully saturated rings. The number of amides is 1. The number of aryl methyl sites for hydroxylation is 1. The number of halogens is 1. The summed E-state index contributed by atoms with van der Waals surface area (Å²) in [6.07, 6.45) is 1.99. The smallest absolute Gasteiger partial charge is 0.243 e. The molecule has 1 aliphatic heterocycles. The molecule has 3 rings (SSSR count). The summed E-state index contributed by atoms with van der Waals surface area (Å²) >= 11 is 1.71. The molecule has 0 radical (unpaired) electrons. The fourth-order valence-corrected chi connectivity index (χ4v) is 3.82. The predicted octanol–water partition coefficient (Wildman–Crippen LogP) is 2.86. The Morgan fingerprint density at radius 2 is 2.03 bits per heavy atom. The molecular formula is C21H31IN6OS. The highest BCUT2D eigenvalue weighted by atomic mass is 127. The van der Waals surface area contributed by atoms with Gasteiger partial charge in [0, 0.05) is 43.8 Å². The molecule has 1 saturated heterocycles. The van der Waals surface area contributed by atoms with Crippen molar-refractivity contribution in [2.24, 2.45) is 4.99 Å². The lowest BCUT2D eigenvalue weighted by atomic mass is 10.1. The third kappa shape index (κ3) is 7.42. The molecule has 0 aliphatic carbocycles. The van der Waals surface area contributed by atoms with Crippen molar-refractivity contribution >= 4 is 53.0 Å². The third-order valence-corrected chi connectivity index (χ3v) is 5.79. The number of aromatic nitrogens is 1. The van der Waals surface area contributed by atoms with Gasteiger partial charge < -0.3 is 20.4 Å². The van der Waals surface area contributed by atoms with E-state index in [2.05, 4.69) is 49.1 Å². The molecule has 9 heteroatoms. The molecule has 0 bridgehead atoms. The minimum atomic E-state index is -0.0115. The van der Waals surface area contributed by atoms with Crippen molar-refractivity contribution in [2.45, 2.75) is 32.4 Å². The number of carbonyl (C=O) groups excluding carboxylic acids is 1. The van der Waals surface area contributed by atoms with Crippen LogP contribution in [0.2, 0.25) is 0 Å². The second-order valence-electron chi connectivity index (χ2n) is 7.43. The topological polar surface area (TPSA) is 72.9 Å². The molecule has 0 atom stereocenters. The molecule has 0 unspecified atom stereocenters. The summed E-state index contributed by atoms with van der Waals surface area (Å²) in [7, 11) is 3.50. The number of thiophene rings is 1. The molecule has 2 aromatic heterocycles. The van der Waals surface area contributed by atoms with Gasteiger partial charge in [0.05, 0.1) is 6.54 Å². The Morgan fingerprint density at radius 3 is 2.67 bits per heavy atom. The number of hydrogen-bond acceptors (Lipinski definition) is 5. The van der Waals surface area contributed by atoms with Gasteiger partial charge in [-0.25, -0.2) is 9.98 Å². The van der Waals surface area contributed by atoms with Gasteiger partial charge in [0.2, 0.25) is 5.91 Å². The van der Waals surface area contributed by atoms with Crippen LogP contribution < -0.4 is 15.5 Å². The van der Waals surface area contributed by atoms with Crippen LogP contribution in [-0.2, 0) is 11.3 Å². The highest BCUT2D eigenvalue weighted by Crippen LogP contribution is 2.18. The van der Waals surface area contributed by atoms with Crippen LogP contribution in [0.1, 0.15) is 23.4 Å². The highest BCUT2D eigenvalue weighted by molar-refractivity contribution is 14.0. The van der Waals surface area contributed by atoms with Gasteiger partial charge in [-0.15, -0.1) is 35.3 Å². The Labute approximate surface area is 200 Å². The van der Waals surface area contributed by atoms with Crippen LogP contribution in [0.15, 0.2) is 40.7 Å². The number of pyridine rings is 1. The Balaban J connectivity index is 0.00000320. The van der Waals surface area contributed by atoms with E-state index in [-0.39, 0.29) is 36.4 Å². The molecule has 2 N–H and O–H groups in total. The van der Waals surface area contributed by atoms with Gasteiger partial charge in [-0.05, 0) is 43.3 Å². The van der Waals surface area contributed by atoms with E-state index in [0.29, 0.717) is 18.5 Å². The number of likely N-dealkylation sites (N-methyl/N-ethyl adjacent to an activating group) is 1. The number of rotatable bonds is 6. The predicted molar refractivity (Wildman–Crippen MR) is 135 cm³/mol. The Kier molecular flexibility index (Phi) is 9.83. The van der Waals surface area contributed by atoms with Crippen molar-refractivity contribution in [1.82, 2.24) is 20.5 Å². The zero-order valence-electron chi connectivity index (χ0n) is 17.8. The number of hydrogen-bond donors (Lipinski definition) is 2. The van der Waals surface area contributed by atoms with E-state index in [1.807, 2.05) is 19.1 Å². The normalized spacial score (nSPS) is 14.8. The van der Waals surface area contributed by atoms with Crippen molar-refractivity contribution in [3.8, 4) is 0 Å². The van der Waals surface area contributed by atoms with Crippen LogP contribution in [-0.4, -0.2) is 61.5 Å². The molecule has 0 saturated carbocycles. The average Bonchev–Trinajstić information content (AvgIpc) is 3.24. The maximum Gasteiger partial charge on any atom is 0.243 e. The fourth-order valence-electron chi connectivity index (χ4n) is 3.18. The maximum absolute atomic E-state index is 12.0. The molecule has 1 amide bonds. The van der Waals surface area contributed by atoms with Gasteiger partial charge in [0.15, 0.2) is 5.96 Å². The number of nitrogens with one attached hydrogen (secondary N) is 2. The quantitative estimate of drug-likeness (QED) is 0.334. The van der Waals surface area contributed by atoms with Gasteiger partial charge in [-0.1, -0.05) is 12.1 Å². The number of nitrogens with zero attached hydrogens (tertiary/aromatic N) is 4. The molecule has 0 spiro atoms. The standard InChI is InChI=1S/C21H30N6OS.HI/c1-16-6-4-8-19(24-16)27-11-9-17(10-12-27)25-21(23-15-20(28)26(2)3)22-14-18-7-5-13-29-18;/h4-8,13,17H,9-12,14-15H2,1-3H3,(H2,22,23,25);1H. The summed E-state index contributed by atoms with van der Waals surface area (Å²) < 4.78 is 0. The van der Waals surface area contributed by atoms with E-state index in [1.54, 1.807) is 30.3 Å². The first-order chi connectivity index (χ1) is 14.0.